The zero-order valence-electron chi connectivity index (χ0n) is 13.6. The average molecular weight is 319 g/mol. The van der Waals surface area contributed by atoms with Gasteiger partial charge in [-0.05, 0) is 31.9 Å². The van der Waals surface area contributed by atoms with Crippen molar-refractivity contribution in [1.29, 1.82) is 0 Å². The lowest BCUT2D eigenvalue weighted by atomic mass is 10.2. The van der Waals surface area contributed by atoms with Crippen LogP contribution in [-0.2, 0) is 11.2 Å². The van der Waals surface area contributed by atoms with Crippen molar-refractivity contribution >= 4 is 17.4 Å². The largest absolute Gasteiger partial charge is 0.447 e. The standard InChI is InChI=1S/C18H25NO2S/c1-3-4-5-6-7-8-9-16-10-11-17(22-16)12-13-19-15(2)14-21-18(19)20/h10-11,15H,3-7,12-14H2,1-2H3. The molecule has 1 atom stereocenters. The summed E-state index contributed by atoms with van der Waals surface area (Å²) >= 11 is 1.73. The molecule has 0 radical (unpaired) electrons. The van der Waals surface area contributed by atoms with Crippen LogP contribution in [0.5, 0.6) is 0 Å². The number of unbranched alkanes of at least 4 members (excludes halogenated alkanes) is 4. The lowest BCUT2D eigenvalue weighted by Crippen LogP contribution is -2.32. The maximum atomic E-state index is 11.5. The van der Waals surface area contributed by atoms with E-state index in [1.54, 1.807) is 16.2 Å². The van der Waals surface area contributed by atoms with E-state index in [1.807, 2.05) is 6.92 Å². The highest BCUT2D eigenvalue weighted by Crippen LogP contribution is 2.18. The molecule has 1 saturated heterocycles. The number of rotatable bonds is 7. The van der Waals surface area contributed by atoms with Crippen LogP contribution in [0, 0.1) is 11.8 Å². The molecule has 1 aromatic heterocycles. The monoisotopic (exact) mass is 319 g/mol. The lowest BCUT2D eigenvalue weighted by Gasteiger charge is -2.16. The summed E-state index contributed by atoms with van der Waals surface area (Å²) in [6, 6.07) is 4.40. The molecule has 120 valence electrons. The average Bonchev–Trinajstić information content (AvgIpc) is 3.08. The van der Waals surface area contributed by atoms with Crippen molar-refractivity contribution in [2.24, 2.45) is 0 Å². The van der Waals surface area contributed by atoms with Crippen molar-refractivity contribution in [3.05, 3.63) is 21.9 Å². The predicted molar refractivity (Wildman–Crippen MR) is 91.2 cm³/mol. The molecule has 1 aromatic rings. The first-order valence-electron chi connectivity index (χ1n) is 8.21. The summed E-state index contributed by atoms with van der Waals surface area (Å²) in [7, 11) is 0. The Morgan fingerprint density at radius 1 is 1.36 bits per heavy atom. The van der Waals surface area contributed by atoms with Gasteiger partial charge in [-0.15, -0.1) is 11.3 Å². The van der Waals surface area contributed by atoms with E-state index < -0.39 is 0 Å². The summed E-state index contributed by atoms with van der Waals surface area (Å²) in [6.07, 6.45) is 6.75. The Balaban J connectivity index is 1.74. The van der Waals surface area contributed by atoms with Gasteiger partial charge in [0, 0.05) is 17.8 Å². The van der Waals surface area contributed by atoms with E-state index in [2.05, 4.69) is 30.9 Å². The van der Waals surface area contributed by atoms with Crippen molar-refractivity contribution in [3.8, 4) is 11.8 Å². The van der Waals surface area contributed by atoms with Crippen LogP contribution in [0.4, 0.5) is 4.79 Å². The molecule has 0 N–H and O–H groups in total. The molecular weight excluding hydrogens is 294 g/mol. The first-order chi connectivity index (χ1) is 10.7. The van der Waals surface area contributed by atoms with Crippen LogP contribution in [0.3, 0.4) is 0 Å². The predicted octanol–water partition coefficient (Wildman–Crippen LogP) is 4.45. The van der Waals surface area contributed by atoms with Gasteiger partial charge in [-0.3, -0.25) is 0 Å². The fourth-order valence-corrected chi connectivity index (χ4v) is 3.33. The minimum absolute atomic E-state index is 0.184. The summed E-state index contributed by atoms with van der Waals surface area (Å²) < 4.78 is 5.03. The molecule has 1 aliphatic rings. The van der Waals surface area contributed by atoms with Crippen LogP contribution in [0.25, 0.3) is 0 Å². The van der Waals surface area contributed by atoms with E-state index in [0.717, 1.165) is 24.3 Å². The maximum absolute atomic E-state index is 11.5. The summed E-state index contributed by atoms with van der Waals surface area (Å²) in [5.41, 5.74) is 0. The Morgan fingerprint density at radius 2 is 2.23 bits per heavy atom. The van der Waals surface area contributed by atoms with Crippen molar-refractivity contribution in [1.82, 2.24) is 4.90 Å². The number of ether oxygens (including phenoxy) is 1. The van der Waals surface area contributed by atoms with Gasteiger partial charge in [-0.1, -0.05) is 38.0 Å². The zero-order chi connectivity index (χ0) is 15.8. The number of cyclic esters (lactones) is 1. The minimum Gasteiger partial charge on any atom is -0.447 e. The molecule has 0 aliphatic carbocycles. The number of hydrogen-bond acceptors (Lipinski definition) is 3. The number of carbonyl (C=O) groups is 1. The molecule has 1 aliphatic heterocycles. The molecular formula is C18H25NO2S. The van der Waals surface area contributed by atoms with Gasteiger partial charge in [0.05, 0.1) is 10.9 Å². The van der Waals surface area contributed by atoms with Gasteiger partial charge < -0.3 is 9.64 Å². The second kappa shape index (κ2) is 8.85. The third kappa shape index (κ3) is 5.06. The molecule has 0 aromatic carbocycles. The molecule has 0 spiro atoms. The van der Waals surface area contributed by atoms with Crippen molar-refractivity contribution in [3.63, 3.8) is 0 Å². The Kier molecular flexibility index (Phi) is 6.79. The van der Waals surface area contributed by atoms with Crippen molar-refractivity contribution < 1.29 is 9.53 Å². The van der Waals surface area contributed by atoms with Gasteiger partial charge in [-0.2, -0.15) is 0 Å². The van der Waals surface area contributed by atoms with Crippen LogP contribution in [0.15, 0.2) is 12.1 Å². The first-order valence-corrected chi connectivity index (χ1v) is 9.03. The topological polar surface area (TPSA) is 29.5 Å². The van der Waals surface area contributed by atoms with Gasteiger partial charge in [0.15, 0.2) is 0 Å². The van der Waals surface area contributed by atoms with E-state index in [4.69, 9.17) is 4.74 Å². The van der Waals surface area contributed by atoms with Crippen LogP contribution in [0.2, 0.25) is 0 Å². The fourth-order valence-electron chi connectivity index (χ4n) is 2.46. The number of amides is 1. The van der Waals surface area contributed by atoms with E-state index in [-0.39, 0.29) is 12.1 Å². The maximum Gasteiger partial charge on any atom is 0.410 e. The van der Waals surface area contributed by atoms with Crippen molar-refractivity contribution in [2.75, 3.05) is 13.2 Å². The quantitative estimate of drug-likeness (QED) is 0.549. The Hall–Kier alpha value is -1.47. The minimum atomic E-state index is -0.184. The second-order valence-corrected chi connectivity index (χ2v) is 6.92. The molecule has 2 heterocycles. The third-order valence-electron chi connectivity index (χ3n) is 3.84. The Morgan fingerprint density at radius 3 is 2.95 bits per heavy atom. The summed E-state index contributed by atoms with van der Waals surface area (Å²) in [5.74, 6) is 6.51. The number of nitrogens with zero attached hydrogens (tertiary/aromatic N) is 1. The van der Waals surface area contributed by atoms with Crippen molar-refractivity contribution in [2.45, 2.75) is 58.4 Å². The van der Waals surface area contributed by atoms with Gasteiger partial charge in [-0.25, -0.2) is 4.79 Å². The third-order valence-corrected chi connectivity index (χ3v) is 4.90. The van der Waals surface area contributed by atoms with Crippen LogP contribution >= 0.6 is 11.3 Å². The zero-order valence-corrected chi connectivity index (χ0v) is 14.4. The molecule has 1 unspecified atom stereocenters. The van der Waals surface area contributed by atoms with E-state index in [1.165, 1.54) is 30.6 Å². The van der Waals surface area contributed by atoms with Gasteiger partial charge in [0.2, 0.25) is 0 Å². The van der Waals surface area contributed by atoms with Crippen LogP contribution in [-0.4, -0.2) is 30.2 Å². The fraction of sp³-hybridized carbons (Fsp3) is 0.611. The Labute approximate surface area is 137 Å². The van der Waals surface area contributed by atoms with E-state index in [9.17, 15) is 4.79 Å². The first kappa shape index (κ1) is 16.9. The van der Waals surface area contributed by atoms with Gasteiger partial charge in [0.25, 0.3) is 0 Å². The van der Waals surface area contributed by atoms with Crippen LogP contribution < -0.4 is 0 Å². The summed E-state index contributed by atoms with van der Waals surface area (Å²) in [4.78, 5) is 15.8. The number of hydrogen-bond donors (Lipinski definition) is 0. The lowest BCUT2D eigenvalue weighted by molar-refractivity contribution is 0.158. The highest BCUT2D eigenvalue weighted by atomic mass is 32.1. The van der Waals surface area contributed by atoms with Gasteiger partial charge >= 0.3 is 6.09 Å². The highest BCUT2D eigenvalue weighted by molar-refractivity contribution is 7.12. The summed E-state index contributed by atoms with van der Waals surface area (Å²) in [6.45, 7) is 5.48. The van der Waals surface area contributed by atoms with Crippen LogP contribution in [0.1, 0.15) is 55.7 Å². The molecule has 2 rings (SSSR count). The molecule has 4 heteroatoms. The second-order valence-electron chi connectivity index (χ2n) is 5.75. The van der Waals surface area contributed by atoms with E-state index in [0.29, 0.717) is 6.61 Å². The molecule has 1 amide bonds. The molecule has 22 heavy (non-hydrogen) atoms. The Bertz CT molecular complexity index is 541. The number of carbonyl (C=O) groups excluding carboxylic acids is 1. The van der Waals surface area contributed by atoms with E-state index >= 15 is 0 Å². The molecule has 0 saturated carbocycles. The molecule has 3 nitrogen and oxygen atoms in total. The smallest absolute Gasteiger partial charge is 0.410 e. The normalized spacial score (nSPS) is 17.3. The summed E-state index contributed by atoms with van der Waals surface area (Å²) in [5, 5.41) is 0. The number of thiophene rings is 1. The highest BCUT2D eigenvalue weighted by Gasteiger charge is 2.28. The van der Waals surface area contributed by atoms with Gasteiger partial charge in [0.1, 0.15) is 6.61 Å². The SMILES string of the molecule is CCCCCCC#Cc1ccc(CCN2C(=O)OCC2C)s1. The molecule has 0 bridgehead atoms. The molecule has 1 fully saturated rings.